The maximum Gasteiger partial charge on any atom is 0.252 e. The fraction of sp³-hybridized carbons (Fsp3) is 0.357. The average Bonchev–Trinajstić information content (AvgIpc) is 2.42. The Labute approximate surface area is 121 Å². The van der Waals surface area contributed by atoms with Crippen molar-refractivity contribution in [3.05, 3.63) is 35.9 Å². The van der Waals surface area contributed by atoms with Crippen LogP contribution in [0.4, 0.5) is 0 Å². The quantitative estimate of drug-likeness (QED) is 0.659. The Bertz CT molecular complexity index is 557. The van der Waals surface area contributed by atoms with Gasteiger partial charge >= 0.3 is 0 Å². The summed E-state index contributed by atoms with van der Waals surface area (Å²) in [5.41, 5.74) is -0.471. The molecule has 1 aliphatic heterocycles. The lowest BCUT2D eigenvalue weighted by Gasteiger charge is -2.40. The van der Waals surface area contributed by atoms with Gasteiger partial charge in [0.15, 0.2) is 0 Å². The molecule has 1 unspecified atom stereocenters. The van der Waals surface area contributed by atoms with Crippen LogP contribution in [-0.4, -0.2) is 34.7 Å². The lowest BCUT2D eigenvalue weighted by atomic mass is 9.97. The molecule has 20 heavy (non-hydrogen) atoms. The largest absolute Gasteiger partial charge is 0.318 e. The van der Waals surface area contributed by atoms with Gasteiger partial charge in [-0.15, -0.1) is 11.6 Å². The molecule has 1 aromatic carbocycles. The number of alkyl halides is 1. The van der Waals surface area contributed by atoms with Crippen molar-refractivity contribution >= 4 is 29.3 Å². The van der Waals surface area contributed by atoms with E-state index in [4.69, 9.17) is 11.6 Å². The molecule has 0 aliphatic carbocycles. The van der Waals surface area contributed by atoms with Crippen LogP contribution in [0.15, 0.2) is 30.3 Å². The predicted octanol–water partition coefficient (Wildman–Crippen LogP) is 1.23. The third-order valence-corrected chi connectivity index (χ3v) is 3.80. The first-order valence-corrected chi connectivity index (χ1v) is 6.62. The first kappa shape index (κ1) is 14.5. The molecule has 2 rings (SSSR count). The van der Waals surface area contributed by atoms with Crippen molar-refractivity contribution in [2.24, 2.45) is 0 Å². The van der Waals surface area contributed by atoms with Crippen LogP contribution in [0.3, 0.4) is 0 Å². The second-order valence-electron chi connectivity index (χ2n) is 5.13. The predicted molar refractivity (Wildman–Crippen MR) is 74.0 cm³/mol. The van der Waals surface area contributed by atoms with Crippen LogP contribution in [0, 0.1) is 0 Å². The molecule has 1 fully saturated rings. The molecule has 6 heteroatoms. The number of nitrogens with one attached hydrogen (secondary N) is 1. The summed E-state index contributed by atoms with van der Waals surface area (Å²) in [6, 6.07) is 8.83. The number of imide groups is 1. The molecule has 0 aromatic heterocycles. The summed E-state index contributed by atoms with van der Waals surface area (Å²) in [5, 5.41) is 1.30. The van der Waals surface area contributed by atoms with Gasteiger partial charge in [0.2, 0.25) is 11.8 Å². The molecule has 1 aromatic rings. The SMILES string of the molecule is CC1(C)C(=O)NC(=O)CN1C(=O)C(Cl)c1ccccc1. The molecule has 106 valence electrons. The summed E-state index contributed by atoms with van der Waals surface area (Å²) in [6.45, 7) is 3.00. The van der Waals surface area contributed by atoms with Crippen LogP contribution in [0.1, 0.15) is 24.8 Å². The Balaban J connectivity index is 2.27. The van der Waals surface area contributed by atoms with Crippen LogP contribution in [-0.2, 0) is 14.4 Å². The zero-order chi connectivity index (χ0) is 14.9. The first-order chi connectivity index (χ1) is 9.34. The van der Waals surface area contributed by atoms with Crippen molar-refractivity contribution in [3.8, 4) is 0 Å². The molecule has 0 radical (unpaired) electrons. The molecule has 1 atom stereocenters. The fourth-order valence-electron chi connectivity index (χ4n) is 2.04. The zero-order valence-corrected chi connectivity index (χ0v) is 12.0. The molecule has 0 spiro atoms. The Hall–Kier alpha value is -1.88. The van der Waals surface area contributed by atoms with E-state index in [1.54, 1.807) is 38.1 Å². The maximum absolute atomic E-state index is 12.5. The number of hydrogen-bond acceptors (Lipinski definition) is 3. The van der Waals surface area contributed by atoms with E-state index in [1.165, 1.54) is 4.90 Å². The summed E-state index contributed by atoms with van der Waals surface area (Å²) in [4.78, 5) is 37.0. The van der Waals surface area contributed by atoms with E-state index >= 15 is 0 Å². The van der Waals surface area contributed by atoms with E-state index in [1.807, 2.05) is 6.07 Å². The number of halogens is 1. The standard InChI is InChI=1S/C14H15ClN2O3/c1-14(2)13(20)16-10(18)8-17(14)12(19)11(15)9-6-4-3-5-7-9/h3-7,11H,8H2,1-2H3,(H,16,18,20). The first-order valence-electron chi connectivity index (χ1n) is 6.19. The molecule has 1 aliphatic rings. The van der Waals surface area contributed by atoms with Gasteiger partial charge in [-0.25, -0.2) is 0 Å². The number of benzene rings is 1. The van der Waals surface area contributed by atoms with Gasteiger partial charge in [-0.3, -0.25) is 19.7 Å². The molecule has 0 bridgehead atoms. The van der Waals surface area contributed by atoms with E-state index in [0.29, 0.717) is 5.56 Å². The minimum atomic E-state index is -1.10. The van der Waals surface area contributed by atoms with Gasteiger partial charge < -0.3 is 4.90 Å². The fourth-order valence-corrected chi connectivity index (χ4v) is 2.30. The molecular weight excluding hydrogens is 280 g/mol. The second kappa shape index (κ2) is 5.25. The lowest BCUT2D eigenvalue weighted by Crippen LogP contribution is -2.65. The Morgan fingerprint density at radius 1 is 1.30 bits per heavy atom. The highest BCUT2D eigenvalue weighted by molar-refractivity contribution is 6.31. The molecule has 0 saturated carbocycles. The number of piperazine rings is 1. The molecule has 1 heterocycles. The number of amides is 3. The summed E-state index contributed by atoms with van der Waals surface area (Å²) >= 11 is 6.18. The highest BCUT2D eigenvalue weighted by Crippen LogP contribution is 2.28. The summed E-state index contributed by atoms with van der Waals surface area (Å²) in [7, 11) is 0. The monoisotopic (exact) mass is 294 g/mol. The second-order valence-corrected chi connectivity index (χ2v) is 5.57. The van der Waals surface area contributed by atoms with Gasteiger partial charge in [0, 0.05) is 0 Å². The average molecular weight is 295 g/mol. The van der Waals surface area contributed by atoms with Crippen molar-refractivity contribution in [3.63, 3.8) is 0 Å². The zero-order valence-electron chi connectivity index (χ0n) is 11.2. The Kier molecular flexibility index (Phi) is 3.81. The molecule has 1 saturated heterocycles. The van der Waals surface area contributed by atoms with Gasteiger partial charge in [-0.05, 0) is 19.4 Å². The van der Waals surface area contributed by atoms with Gasteiger partial charge in [-0.2, -0.15) is 0 Å². The molecule has 5 nitrogen and oxygen atoms in total. The van der Waals surface area contributed by atoms with Crippen LogP contribution in [0.2, 0.25) is 0 Å². The topological polar surface area (TPSA) is 66.5 Å². The van der Waals surface area contributed by atoms with Crippen LogP contribution < -0.4 is 5.32 Å². The van der Waals surface area contributed by atoms with E-state index < -0.39 is 28.6 Å². The van der Waals surface area contributed by atoms with Crippen LogP contribution in [0.5, 0.6) is 0 Å². The van der Waals surface area contributed by atoms with E-state index in [-0.39, 0.29) is 6.54 Å². The van der Waals surface area contributed by atoms with E-state index in [0.717, 1.165) is 0 Å². The van der Waals surface area contributed by atoms with Crippen molar-refractivity contribution in [2.45, 2.75) is 24.8 Å². The number of nitrogens with zero attached hydrogens (tertiary/aromatic N) is 1. The Morgan fingerprint density at radius 2 is 1.90 bits per heavy atom. The van der Waals surface area contributed by atoms with Crippen molar-refractivity contribution in [2.75, 3.05) is 6.54 Å². The highest BCUT2D eigenvalue weighted by Gasteiger charge is 2.45. The third-order valence-electron chi connectivity index (χ3n) is 3.36. The minimum absolute atomic E-state index is 0.173. The third kappa shape index (κ3) is 2.54. The summed E-state index contributed by atoms with van der Waals surface area (Å²) in [5.74, 6) is -1.45. The van der Waals surface area contributed by atoms with Gasteiger partial charge in [0.05, 0.1) is 0 Å². The number of carbonyl (C=O) groups is 3. The van der Waals surface area contributed by atoms with E-state index in [9.17, 15) is 14.4 Å². The summed E-state index contributed by atoms with van der Waals surface area (Å²) in [6.07, 6.45) is 0. The van der Waals surface area contributed by atoms with Gasteiger partial charge in [-0.1, -0.05) is 30.3 Å². The normalized spacial score (nSPS) is 19.4. The summed E-state index contributed by atoms with van der Waals surface area (Å²) < 4.78 is 0. The van der Waals surface area contributed by atoms with Crippen molar-refractivity contribution < 1.29 is 14.4 Å². The molecule has 1 N–H and O–H groups in total. The minimum Gasteiger partial charge on any atom is -0.318 e. The van der Waals surface area contributed by atoms with Crippen LogP contribution in [0.25, 0.3) is 0 Å². The van der Waals surface area contributed by atoms with Gasteiger partial charge in [0.25, 0.3) is 5.91 Å². The number of rotatable bonds is 2. The van der Waals surface area contributed by atoms with E-state index in [2.05, 4.69) is 5.32 Å². The molecular formula is C14H15ClN2O3. The lowest BCUT2D eigenvalue weighted by molar-refractivity contribution is -0.155. The van der Waals surface area contributed by atoms with Crippen molar-refractivity contribution in [1.82, 2.24) is 10.2 Å². The van der Waals surface area contributed by atoms with Gasteiger partial charge in [0.1, 0.15) is 17.5 Å². The highest BCUT2D eigenvalue weighted by atomic mass is 35.5. The smallest absolute Gasteiger partial charge is 0.252 e. The van der Waals surface area contributed by atoms with Crippen molar-refractivity contribution in [1.29, 1.82) is 0 Å². The maximum atomic E-state index is 12.5. The Morgan fingerprint density at radius 3 is 2.50 bits per heavy atom. The van der Waals surface area contributed by atoms with Crippen LogP contribution >= 0.6 is 11.6 Å². The number of hydrogen-bond donors (Lipinski definition) is 1. The number of carbonyl (C=O) groups excluding carboxylic acids is 3. The molecule has 3 amide bonds.